The standard InChI is InChI=1S/C8H17NO3/c1-8(2,11)3-4-9-5-7(10)6-12-9/h7,10-11H,3-6H2,1-2H3/t7-/m1/s1. The Morgan fingerprint density at radius 2 is 2.25 bits per heavy atom. The highest BCUT2D eigenvalue weighted by Gasteiger charge is 2.23. The Morgan fingerprint density at radius 3 is 2.67 bits per heavy atom. The van der Waals surface area contributed by atoms with Gasteiger partial charge in [-0.2, -0.15) is 5.06 Å². The third kappa shape index (κ3) is 3.49. The highest BCUT2D eigenvalue weighted by Crippen LogP contribution is 2.11. The van der Waals surface area contributed by atoms with Crippen LogP contribution in [-0.4, -0.2) is 46.7 Å². The first-order valence-electron chi connectivity index (χ1n) is 4.26. The van der Waals surface area contributed by atoms with Crippen molar-refractivity contribution in [2.45, 2.75) is 32.0 Å². The van der Waals surface area contributed by atoms with Crippen LogP contribution in [0.3, 0.4) is 0 Å². The molecule has 0 aromatic rings. The van der Waals surface area contributed by atoms with Gasteiger partial charge in [0.15, 0.2) is 0 Å². The summed E-state index contributed by atoms with van der Waals surface area (Å²) in [5.74, 6) is 0. The summed E-state index contributed by atoms with van der Waals surface area (Å²) in [5.41, 5.74) is -0.656. The van der Waals surface area contributed by atoms with E-state index in [-0.39, 0.29) is 6.10 Å². The average molecular weight is 175 g/mol. The number of aliphatic hydroxyl groups is 2. The van der Waals surface area contributed by atoms with Crippen molar-refractivity contribution in [1.29, 1.82) is 0 Å². The monoisotopic (exact) mass is 175 g/mol. The molecule has 0 bridgehead atoms. The lowest BCUT2D eigenvalue weighted by Crippen LogP contribution is -2.29. The molecule has 1 aliphatic heterocycles. The van der Waals surface area contributed by atoms with Crippen molar-refractivity contribution in [3.05, 3.63) is 0 Å². The minimum Gasteiger partial charge on any atom is -0.390 e. The number of hydroxylamine groups is 2. The summed E-state index contributed by atoms with van der Waals surface area (Å²) in [6.45, 7) is 5.13. The summed E-state index contributed by atoms with van der Waals surface area (Å²) < 4.78 is 0. The van der Waals surface area contributed by atoms with Gasteiger partial charge >= 0.3 is 0 Å². The van der Waals surface area contributed by atoms with Crippen molar-refractivity contribution in [1.82, 2.24) is 5.06 Å². The zero-order valence-corrected chi connectivity index (χ0v) is 7.66. The van der Waals surface area contributed by atoms with Crippen molar-refractivity contribution >= 4 is 0 Å². The van der Waals surface area contributed by atoms with E-state index in [2.05, 4.69) is 0 Å². The molecule has 4 heteroatoms. The van der Waals surface area contributed by atoms with Gasteiger partial charge in [-0.15, -0.1) is 0 Å². The first-order valence-corrected chi connectivity index (χ1v) is 4.26. The van der Waals surface area contributed by atoms with E-state index in [1.807, 2.05) is 0 Å². The number of hydrogen-bond donors (Lipinski definition) is 2. The summed E-state index contributed by atoms with van der Waals surface area (Å²) in [5, 5.41) is 20.2. The van der Waals surface area contributed by atoms with E-state index >= 15 is 0 Å². The SMILES string of the molecule is CC(C)(O)CCN1C[C@@H](O)CO1. The minimum atomic E-state index is -0.656. The van der Waals surface area contributed by atoms with Gasteiger partial charge in [-0.05, 0) is 20.3 Å². The fourth-order valence-electron chi connectivity index (χ4n) is 1.09. The summed E-state index contributed by atoms with van der Waals surface area (Å²) >= 11 is 0. The van der Waals surface area contributed by atoms with Crippen molar-refractivity contribution in [3.63, 3.8) is 0 Å². The van der Waals surface area contributed by atoms with E-state index in [1.54, 1.807) is 18.9 Å². The second-order valence-corrected chi connectivity index (χ2v) is 3.90. The Balaban J connectivity index is 2.16. The van der Waals surface area contributed by atoms with Crippen LogP contribution in [0.25, 0.3) is 0 Å². The second-order valence-electron chi connectivity index (χ2n) is 3.90. The lowest BCUT2D eigenvalue weighted by atomic mass is 10.1. The molecule has 1 aliphatic rings. The van der Waals surface area contributed by atoms with Crippen LogP contribution in [0.15, 0.2) is 0 Å². The van der Waals surface area contributed by atoms with Crippen molar-refractivity contribution < 1.29 is 15.1 Å². The van der Waals surface area contributed by atoms with Crippen LogP contribution in [0.1, 0.15) is 20.3 Å². The smallest absolute Gasteiger partial charge is 0.0958 e. The van der Waals surface area contributed by atoms with Crippen LogP contribution in [-0.2, 0) is 4.84 Å². The van der Waals surface area contributed by atoms with E-state index < -0.39 is 5.60 Å². The van der Waals surface area contributed by atoms with E-state index in [9.17, 15) is 5.11 Å². The predicted molar refractivity (Wildman–Crippen MR) is 44.4 cm³/mol. The molecule has 72 valence electrons. The van der Waals surface area contributed by atoms with E-state index in [1.165, 1.54) is 0 Å². The van der Waals surface area contributed by atoms with Crippen LogP contribution in [0.2, 0.25) is 0 Å². The first-order chi connectivity index (χ1) is 5.47. The number of β-amino-alcohol motifs (C(OH)–C–C–N with tert-alkyl or cyclic N) is 1. The third-order valence-electron chi connectivity index (χ3n) is 1.84. The lowest BCUT2D eigenvalue weighted by molar-refractivity contribution is -0.119. The van der Waals surface area contributed by atoms with Crippen molar-refractivity contribution in [2.75, 3.05) is 19.7 Å². The quantitative estimate of drug-likeness (QED) is 0.621. The molecule has 12 heavy (non-hydrogen) atoms. The maximum absolute atomic E-state index is 9.40. The maximum Gasteiger partial charge on any atom is 0.0958 e. The van der Waals surface area contributed by atoms with Crippen LogP contribution in [0, 0.1) is 0 Å². The fourth-order valence-corrected chi connectivity index (χ4v) is 1.09. The van der Waals surface area contributed by atoms with Gasteiger partial charge < -0.3 is 10.2 Å². The van der Waals surface area contributed by atoms with Gasteiger partial charge in [0, 0.05) is 6.54 Å². The van der Waals surface area contributed by atoms with E-state index in [0.717, 1.165) is 0 Å². The highest BCUT2D eigenvalue weighted by molar-refractivity contribution is 4.70. The maximum atomic E-state index is 9.40. The molecule has 0 aliphatic carbocycles. The summed E-state index contributed by atoms with van der Waals surface area (Å²) in [4.78, 5) is 5.13. The van der Waals surface area contributed by atoms with Gasteiger partial charge in [0.05, 0.1) is 24.9 Å². The fraction of sp³-hybridized carbons (Fsp3) is 1.00. The molecule has 1 atom stereocenters. The highest BCUT2D eigenvalue weighted by atomic mass is 16.7. The summed E-state index contributed by atoms with van der Waals surface area (Å²) in [6.07, 6.45) is 0.284. The van der Waals surface area contributed by atoms with Gasteiger partial charge in [0.1, 0.15) is 0 Å². The molecule has 0 spiro atoms. The molecule has 1 fully saturated rings. The molecule has 2 N–H and O–H groups in total. The van der Waals surface area contributed by atoms with E-state index in [4.69, 9.17) is 9.94 Å². The predicted octanol–water partition coefficient (Wildman–Crippen LogP) is -0.245. The minimum absolute atomic E-state index is 0.369. The molecule has 0 radical (unpaired) electrons. The number of aliphatic hydroxyl groups excluding tert-OH is 1. The van der Waals surface area contributed by atoms with E-state index in [0.29, 0.717) is 26.1 Å². The Morgan fingerprint density at radius 1 is 1.58 bits per heavy atom. The van der Waals surface area contributed by atoms with Gasteiger partial charge in [-0.3, -0.25) is 4.84 Å². The van der Waals surface area contributed by atoms with Crippen LogP contribution in [0.5, 0.6) is 0 Å². The molecule has 0 aromatic heterocycles. The Labute approximate surface area is 72.7 Å². The molecule has 4 nitrogen and oxygen atoms in total. The molecular formula is C8H17NO3. The van der Waals surface area contributed by atoms with Crippen molar-refractivity contribution in [2.24, 2.45) is 0 Å². The van der Waals surface area contributed by atoms with Crippen LogP contribution in [0.4, 0.5) is 0 Å². The number of hydrogen-bond acceptors (Lipinski definition) is 4. The zero-order valence-electron chi connectivity index (χ0n) is 7.66. The lowest BCUT2D eigenvalue weighted by Gasteiger charge is -2.20. The zero-order chi connectivity index (χ0) is 9.19. The average Bonchev–Trinajstić information content (AvgIpc) is 2.30. The second kappa shape index (κ2) is 3.70. The Bertz CT molecular complexity index is 144. The number of rotatable bonds is 3. The van der Waals surface area contributed by atoms with Gasteiger partial charge in [-0.1, -0.05) is 0 Å². The van der Waals surface area contributed by atoms with Gasteiger partial charge in [0.25, 0.3) is 0 Å². The molecule has 1 saturated heterocycles. The molecule has 1 heterocycles. The number of nitrogens with zero attached hydrogens (tertiary/aromatic N) is 1. The molecular weight excluding hydrogens is 158 g/mol. The largest absolute Gasteiger partial charge is 0.390 e. The Hall–Kier alpha value is -0.160. The molecule has 0 unspecified atom stereocenters. The molecule has 0 saturated carbocycles. The summed E-state index contributed by atoms with van der Waals surface area (Å²) in [7, 11) is 0. The molecule has 0 aromatic carbocycles. The van der Waals surface area contributed by atoms with Gasteiger partial charge in [-0.25, -0.2) is 0 Å². The topological polar surface area (TPSA) is 52.9 Å². The van der Waals surface area contributed by atoms with Crippen LogP contribution < -0.4 is 0 Å². The Kier molecular flexibility index (Phi) is 3.06. The first kappa shape index (κ1) is 9.92. The van der Waals surface area contributed by atoms with Gasteiger partial charge in [0.2, 0.25) is 0 Å². The van der Waals surface area contributed by atoms with Crippen LogP contribution >= 0.6 is 0 Å². The molecule has 1 rings (SSSR count). The normalized spacial score (nSPS) is 26.5. The third-order valence-corrected chi connectivity index (χ3v) is 1.84. The van der Waals surface area contributed by atoms with Crippen molar-refractivity contribution in [3.8, 4) is 0 Å². The molecule has 0 amide bonds. The summed E-state index contributed by atoms with van der Waals surface area (Å²) in [6, 6.07) is 0.